The third-order valence-corrected chi connectivity index (χ3v) is 3.62. The number of rotatable bonds is 4. The zero-order valence-corrected chi connectivity index (χ0v) is 11.5. The van der Waals surface area contributed by atoms with Crippen LogP contribution in [-0.2, 0) is 16.0 Å². The van der Waals surface area contributed by atoms with Crippen LogP contribution in [0, 0.1) is 5.92 Å². The minimum atomic E-state index is -0.416. The first-order valence-electron chi connectivity index (χ1n) is 6.92. The first-order valence-corrected chi connectivity index (χ1v) is 6.92. The highest BCUT2D eigenvalue weighted by atomic mass is 16.5. The summed E-state index contributed by atoms with van der Waals surface area (Å²) in [6.07, 6.45) is 1.99. The Labute approximate surface area is 118 Å². The number of urea groups is 1. The van der Waals surface area contributed by atoms with Gasteiger partial charge in [-0.3, -0.25) is 4.79 Å². The van der Waals surface area contributed by atoms with Crippen LogP contribution in [0.1, 0.15) is 18.4 Å². The molecule has 5 heteroatoms. The number of amides is 2. The van der Waals surface area contributed by atoms with Gasteiger partial charge in [-0.2, -0.15) is 0 Å². The Hall–Kier alpha value is -2.04. The molecule has 20 heavy (non-hydrogen) atoms. The lowest BCUT2D eigenvalue weighted by molar-refractivity contribution is -0.149. The first kappa shape index (κ1) is 14.4. The van der Waals surface area contributed by atoms with E-state index in [4.69, 9.17) is 10.5 Å². The molecule has 5 nitrogen and oxygen atoms in total. The van der Waals surface area contributed by atoms with Crippen LogP contribution in [0.4, 0.5) is 4.79 Å². The van der Waals surface area contributed by atoms with Crippen LogP contribution in [-0.4, -0.2) is 36.6 Å². The second-order valence-electron chi connectivity index (χ2n) is 5.00. The van der Waals surface area contributed by atoms with Crippen molar-refractivity contribution in [3.8, 4) is 0 Å². The molecule has 1 aliphatic heterocycles. The van der Waals surface area contributed by atoms with Gasteiger partial charge in [0.2, 0.25) is 0 Å². The maximum Gasteiger partial charge on any atom is 0.314 e. The molecule has 0 aromatic heterocycles. The highest BCUT2D eigenvalue weighted by molar-refractivity contribution is 5.74. The zero-order chi connectivity index (χ0) is 14.4. The standard InChI is InChI=1S/C15H20N2O3/c16-15(19)17-9-6-13(7-10-17)14(18)20-11-8-12-4-2-1-3-5-12/h1-5,13H,6-11H2,(H2,16,19). The Morgan fingerprint density at radius 3 is 2.45 bits per heavy atom. The van der Waals surface area contributed by atoms with Crippen molar-refractivity contribution in [2.24, 2.45) is 11.7 Å². The normalized spacial score (nSPS) is 15.9. The topological polar surface area (TPSA) is 72.6 Å². The Kier molecular flexibility index (Phi) is 4.98. The zero-order valence-electron chi connectivity index (χ0n) is 11.5. The van der Waals surface area contributed by atoms with Gasteiger partial charge in [0, 0.05) is 19.5 Å². The van der Waals surface area contributed by atoms with Crippen molar-refractivity contribution >= 4 is 12.0 Å². The molecule has 1 aliphatic rings. The van der Waals surface area contributed by atoms with Crippen molar-refractivity contribution in [3.63, 3.8) is 0 Å². The second-order valence-corrected chi connectivity index (χ2v) is 5.00. The lowest BCUT2D eigenvalue weighted by Crippen LogP contribution is -2.43. The number of hydrogen-bond acceptors (Lipinski definition) is 3. The van der Waals surface area contributed by atoms with E-state index in [1.807, 2.05) is 30.3 Å². The monoisotopic (exact) mass is 276 g/mol. The molecular formula is C15H20N2O3. The molecule has 0 unspecified atom stereocenters. The number of carbonyl (C=O) groups is 2. The molecule has 1 saturated heterocycles. The maximum atomic E-state index is 11.9. The van der Waals surface area contributed by atoms with Gasteiger partial charge in [-0.05, 0) is 18.4 Å². The average Bonchev–Trinajstić information content (AvgIpc) is 2.48. The summed E-state index contributed by atoms with van der Waals surface area (Å²) in [6.45, 7) is 1.47. The maximum absolute atomic E-state index is 11.9. The molecule has 0 aliphatic carbocycles. The van der Waals surface area contributed by atoms with E-state index in [1.54, 1.807) is 4.90 Å². The van der Waals surface area contributed by atoms with Gasteiger partial charge in [-0.1, -0.05) is 30.3 Å². The van der Waals surface area contributed by atoms with E-state index < -0.39 is 6.03 Å². The predicted molar refractivity (Wildman–Crippen MR) is 75.0 cm³/mol. The summed E-state index contributed by atoms with van der Waals surface area (Å²) in [5.74, 6) is -0.272. The van der Waals surface area contributed by atoms with E-state index in [0.717, 1.165) is 12.0 Å². The van der Waals surface area contributed by atoms with Gasteiger partial charge in [0.15, 0.2) is 0 Å². The van der Waals surface area contributed by atoms with Crippen molar-refractivity contribution in [1.29, 1.82) is 0 Å². The molecule has 2 rings (SSSR count). The van der Waals surface area contributed by atoms with Crippen molar-refractivity contribution in [2.75, 3.05) is 19.7 Å². The molecule has 0 bridgehead atoms. The smallest absolute Gasteiger partial charge is 0.314 e. The number of benzene rings is 1. The van der Waals surface area contributed by atoms with E-state index in [-0.39, 0.29) is 11.9 Å². The van der Waals surface area contributed by atoms with Crippen LogP contribution >= 0.6 is 0 Å². The van der Waals surface area contributed by atoms with Crippen LogP contribution in [0.3, 0.4) is 0 Å². The Balaban J connectivity index is 1.69. The molecule has 2 N–H and O–H groups in total. The number of hydrogen-bond donors (Lipinski definition) is 1. The third kappa shape index (κ3) is 3.98. The predicted octanol–water partition coefficient (Wildman–Crippen LogP) is 1.56. The van der Waals surface area contributed by atoms with Crippen molar-refractivity contribution in [2.45, 2.75) is 19.3 Å². The van der Waals surface area contributed by atoms with Crippen molar-refractivity contribution in [1.82, 2.24) is 4.90 Å². The van der Waals surface area contributed by atoms with E-state index in [9.17, 15) is 9.59 Å². The number of piperidine rings is 1. The van der Waals surface area contributed by atoms with Crippen LogP contribution in [0.25, 0.3) is 0 Å². The fourth-order valence-corrected chi connectivity index (χ4v) is 2.37. The van der Waals surface area contributed by atoms with Gasteiger partial charge in [-0.25, -0.2) is 4.79 Å². The number of primary amides is 1. The number of nitrogens with zero attached hydrogens (tertiary/aromatic N) is 1. The number of nitrogens with two attached hydrogens (primary N) is 1. The van der Waals surface area contributed by atoms with Gasteiger partial charge in [0.1, 0.15) is 0 Å². The third-order valence-electron chi connectivity index (χ3n) is 3.62. The minimum Gasteiger partial charge on any atom is -0.465 e. The molecule has 1 fully saturated rings. The average molecular weight is 276 g/mol. The summed E-state index contributed by atoms with van der Waals surface area (Å²) in [5, 5.41) is 0. The molecule has 1 heterocycles. The summed E-state index contributed by atoms with van der Waals surface area (Å²) in [7, 11) is 0. The lowest BCUT2D eigenvalue weighted by Gasteiger charge is -2.29. The van der Waals surface area contributed by atoms with Crippen LogP contribution in [0.5, 0.6) is 0 Å². The lowest BCUT2D eigenvalue weighted by atomic mass is 9.97. The molecule has 0 spiro atoms. The highest BCUT2D eigenvalue weighted by Gasteiger charge is 2.27. The fraction of sp³-hybridized carbons (Fsp3) is 0.467. The summed E-state index contributed by atoms with van der Waals surface area (Å²) < 4.78 is 5.31. The number of likely N-dealkylation sites (tertiary alicyclic amines) is 1. The number of esters is 1. The van der Waals surface area contributed by atoms with Gasteiger partial charge >= 0.3 is 12.0 Å². The Bertz CT molecular complexity index is 453. The van der Waals surface area contributed by atoms with Gasteiger partial charge in [0.25, 0.3) is 0 Å². The summed E-state index contributed by atoms with van der Waals surface area (Å²) in [4.78, 5) is 24.5. The summed E-state index contributed by atoms with van der Waals surface area (Å²) in [5.41, 5.74) is 6.36. The number of carbonyl (C=O) groups excluding carboxylic acids is 2. The molecule has 2 amide bonds. The second kappa shape index (κ2) is 6.93. The SMILES string of the molecule is NC(=O)N1CCC(C(=O)OCCc2ccccc2)CC1. The van der Waals surface area contributed by atoms with Crippen molar-refractivity contribution in [3.05, 3.63) is 35.9 Å². The van der Waals surface area contributed by atoms with E-state index >= 15 is 0 Å². The van der Waals surface area contributed by atoms with Crippen LogP contribution in [0.15, 0.2) is 30.3 Å². The molecule has 0 atom stereocenters. The van der Waals surface area contributed by atoms with Crippen LogP contribution < -0.4 is 5.73 Å². The van der Waals surface area contributed by atoms with E-state index in [0.29, 0.717) is 32.5 Å². The summed E-state index contributed by atoms with van der Waals surface area (Å²) >= 11 is 0. The number of ether oxygens (including phenoxy) is 1. The van der Waals surface area contributed by atoms with Crippen LogP contribution in [0.2, 0.25) is 0 Å². The van der Waals surface area contributed by atoms with Gasteiger partial charge < -0.3 is 15.4 Å². The highest BCUT2D eigenvalue weighted by Crippen LogP contribution is 2.18. The fourth-order valence-electron chi connectivity index (χ4n) is 2.37. The Morgan fingerprint density at radius 1 is 1.20 bits per heavy atom. The van der Waals surface area contributed by atoms with Gasteiger partial charge in [0.05, 0.1) is 12.5 Å². The Morgan fingerprint density at radius 2 is 1.85 bits per heavy atom. The molecule has 1 aromatic carbocycles. The molecule has 0 radical (unpaired) electrons. The van der Waals surface area contributed by atoms with E-state index in [1.165, 1.54) is 0 Å². The quantitative estimate of drug-likeness (QED) is 0.848. The molecule has 0 saturated carbocycles. The van der Waals surface area contributed by atoms with E-state index in [2.05, 4.69) is 0 Å². The molecular weight excluding hydrogens is 256 g/mol. The minimum absolute atomic E-state index is 0.110. The largest absolute Gasteiger partial charge is 0.465 e. The van der Waals surface area contributed by atoms with Gasteiger partial charge in [-0.15, -0.1) is 0 Å². The first-order chi connectivity index (χ1) is 9.66. The van der Waals surface area contributed by atoms with Crippen molar-refractivity contribution < 1.29 is 14.3 Å². The summed E-state index contributed by atoms with van der Waals surface area (Å²) in [6, 6.07) is 9.51. The molecule has 108 valence electrons. The molecule has 1 aromatic rings.